The van der Waals surface area contributed by atoms with E-state index in [4.69, 9.17) is 4.74 Å². The molecule has 3 rings (SSSR count). The standard InChI is InChI=1S/C20H29N3O3.ClH/c1-14-5-8-23(9-6-14)20(25)16-3-4-18(15(2)11-16)22-19(24)12-17-13-21-7-10-26-17;/h3-4,11,14,17,21H,5-10,12-13H2,1-2H3,(H,22,24);1H. The topological polar surface area (TPSA) is 70.7 Å². The van der Waals surface area contributed by atoms with Crippen LogP contribution in [0.5, 0.6) is 0 Å². The number of likely N-dealkylation sites (tertiary alicyclic amines) is 1. The normalized spacial score (nSPS) is 20.7. The van der Waals surface area contributed by atoms with E-state index in [0.717, 1.165) is 43.7 Å². The molecule has 2 aliphatic heterocycles. The Morgan fingerprint density at radius 3 is 2.67 bits per heavy atom. The predicted octanol–water partition coefficient (Wildman–Crippen LogP) is 2.61. The Kier molecular flexibility index (Phi) is 8.07. The first-order valence-corrected chi connectivity index (χ1v) is 9.55. The number of anilines is 1. The van der Waals surface area contributed by atoms with Crippen molar-refractivity contribution in [2.45, 2.75) is 39.2 Å². The van der Waals surface area contributed by atoms with Gasteiger partial charge >= 0.3 is 0 Å². The highest BCUT2D eigenvalue weighted by Crippen LogP contribution is 2.21. The third kappa shape index (κ3) is 5.92. The number of piperidine rings is 1. The minimum Gasteiger partial charge on any atom is -0.375 e. The summed E-state index contributed by atoms with van der Waals surface area (Å²) >= 11 is 0. The molecule has 1 aromatic rings. The van der Waals surface area contributed by atoms with E-state index in [-0.39, 0.29) is 30.3 Å². The van der Waals surface area contributed by atoms with E-state index in [2.05, 4.69) is 17.6 Å². The summed E-state index contributed by atoms with van der Waals surface area (Å²) < 4.78 is 5.57. The van der Waals surface area contributed by atoms with Crippen molar-refractivity contribution in [1.82, 2.24) is 10.2 Å². The first kappa shape index (κ1) is 21.7. The summed E-state index contributed by atoms with van der Waals surface area (Å²) in [6, 6.07) is 5.50. The number of benzene rings is 1. The summed E-state index contributed by atoms with van der Waals surface area (Å²) in [5.41, 5.74) is 2.34. The first-order chi connectivity index (χ1) is 12.5. The maximum atomic E-state index is 12.7. The number of ether oxygens (including phenoxy) is 1. The highest BCUT2D eigenvalue weighted by atomic mass is 35.5. The van der Waals surface area contributed by atoms with Crippen LogP contribution in [0.4, 0.5) is 5.69 Å². The molecular formula is C20H30ClN3O3. The van der Waals surface area contributed by atoms with E-state index in [1.54, 1.807) is 0 Å². The molecule has 2 saturated heterocycles. The molecule has 27 heavy (non-hydrogen) atoms. The summed E-state index contributed by atoms with van der Waals surface area (Å²) in [6.07, 6.45) is 2.39. The Hall–Kier alpha value is -1.63. The highest BCUT2D eigenvalue weighted by molar-refractivity contribution is 5.96. The molecular weight excluding hydrogens is 366 g/mol. The molecule has 150 valence electrons. The van der Waals surface area contributed by atoms with Crippen LogP contribution in [0.3, 0.4) is 0 Å². The second-order valence-electron chi connectivity index (χ2n) is 7.45. The number of aryl methyl sites for hydroxylation is 1. The molecule has 1 atom stereocenters. The molecule has 2 fully saturated rings. The number of nitrogens with one attached hydrogen (secondary N) is 2. The number of hydrogen-bond acceptors (Lipinski definition) is 4. The molecule has 6 nitrogen and oxygen atoms in total. The Labute approximate surface area is 167 Å². The van der Waals surface area contributed by atoms with Gasteiger partial charge in [-0.25, -0.2) is 0 Å². The quantitative estimate of drug-likeness (QED) is 0.822. The fraction of sp³-hybridized carbons (Fsp3) is 0.600. The number of halogens is 1. The molecule has 2 aliphatic rings. The lowest BCUT2D eigenvalue weighted by Gasteiger charge is -2.30. The van der Waals surface area contributed by atoms with E-state index in [0.29, 0.717) is 31.1 Å². The largest absolute Gasteiger partial charge is 0.375 e. The summed E-state index contributed by atoms with van der Waals surface area (Å²) in [5, 5.41) is 6.16. The molecule has 0 aromatic heterocycles. The van der Waals surface area contributed by atoms with Crippen molar-refractivity contribution in [3.63, 3.8) is 0 Å². The minimum atomic E-state index is -0.0774. The van der Waals surface area contributed by atoms with Crippen molar-refractivity contribution in [3.05, 3.63) is 29.3 Å². The minimum absolute atomic E-state index is 0. The highest BCUT2D eigenvalue weighted by Gasteiger charge is 2.22. The van der Waals surface area contributed by atoms with Gasteiger partial charge in [0.25, 0.3) is 5.91 Å². The van der Waals surface area contributed by atoms with Crippen molar-refractivity contribution in [2.75, 3.05) is 38.1 Å². The van der Waals surface area contributed by atoms with Gasteiger partial charge in [-0.2, -0.15) is 0 Å². The molecule has 0 spiro atoms. The van der Waals surface area contributed by atoms with Crippen LogP contribution in [0, 0.1) is 12.8 Å². The molecule has 0 saturated carbocycles. The number of rotatable bonds is 4. The molecule has 2 amide bonds. The van der Waals surface area contributed by atoms with Gasteiger partial charge in [-0.1, -0.05) is 6.92 Å². The zero-order valence-corrected chi connectivity index (χ0v) is 16.9. The van der Waals surface area contributed by atoms with Crippen molar-refractivity contribution < 1.29 is 14.3 Å². The first-order valence-electron chi connectivity index (χ1n) is 9.55. The SMILES string of the molecule is Cc1cc(C(=O)N2CCC(C)CC2)ccc1NC(=O)CC1CNCCO1.Cl. The van der Waals surface area contributed by atoms with Crippen molar-refractivity contribution in [1.29, 1.82) is 0 Å². The maximum absolute atomic E-state index is 12.7. The number of nitrogens with zero attached hydrogens (tertiary/aromatic N) is 1. The van der Waals surface area contributed by atoms with Crippen LogP contribution in [0.15, 0.2) is 18.2 Å². The Morgan fingerprint density at radius 2 is 2.04 bits per heavy atom. The smallest absolute Gasteiger partial charge is 0.253 e. The fourth-order valence-electron chi connectivity index (χ4n) is 3.49. The van der Waals surface area contributed by atoms with Crippen molar-refractivity contribution in [3.8, 4) is 0 Å². The monoisotopic (exact) mass is 395 g/mol. The van der Waals surface area contributed by atoms with Crippen LogP contribution in [0.25, 0.3) is 0 Å². The second kappa shape index (κ2) is 10.1. The summed E-state index contributed by atoms with van der Waals surface area (Å²) in [6.45, 7) is 7.99. The molecule has 0 radical (unpaired) electrons. The van der Waals surface area contributed by atoms with Gasteiger partial charge in [0.15, 0.2) is 0 Å². The Bertz CT molecular complexity index is 654. The van der Waals surface area contributed by atoms with Crippen LogP contribution in [0.2, 0.25) is 0 Å². The third-order valence-electron chi connectivity index (χ3n) is 5.24. The number of morpholine rings is 1. The predicted molar refractivity (Wildman–Crippen MR) is 109 cm³/mol. The lowest BCUT2D eigenvalue weighted by atomic mass is 9.98. The molecule has 1 unspecified atom stereocenters. The van der Waals surface area contributed by atoms with E-state index < -0.39 is 0 Å². The molecule has 0 bridgehead atoms. The second-order valence-corrected chi connectivity index (χ2v) is 7.45. The molecule has 0 aliphatic carbocycles. The van der Waals surface area contributed by atoms with Gasteiger partial charge in [0, 0.05) is 37.4 Å². The van der Waals surface area contributed by atoms with Crippen molar-refractivity contribution >= 4 is 29.9 Å². The summed E-state index contributed by atoms with van der Waals surface area (Å²) in [4.78, 5) is 26.8. The van der Waals surface area contributed by atoms with Gasteiger partial charge in [-0.3, -0.25) is 9.59 Å². The third-order valence-corrected chi connectivity index (χ3v) is 5.24. The van der Waals surface area contributed by atoms with Gasteiger partial charge < -0.3 is 20.3 Å². The van der Waals surface area contributed by atoms with Crippen LogP contribution in [-0.2, 0) is 9.53 Å². The average molecular weight is 396 g/mol. The van der Waals surface area contributed by atoms with Gasteiger partial charge in [0.2, 0.25) is 5.91 Å². The lowest BCUT2D eigenvalue weighted by molar-refractivity contribution is -0.119. The van der Waals surface area contributed by atoms with Gasteiger partial charge in [0.1, 0.15) is 0 Å². The molecule has 2 N–H and O–H groups in total. The van der Waals surface area contributed by atoms with Crippen LogP contribution < -0.4 is 10.6 Å². The maximum Gasteiger partial charge on any atom is 0.253 e. The molecule has 2 heterocycles. The van der Waals surface area contributed by atoms with Crippen LogP contribution in [-0.4, -0.2) is 55.6 Å². The van der Waals surface area contributed by atoms with Crippen molar-refractivity contribution in [2.24, 2.45) is 5.92 Å². The zero-order valence-electron chi connectivity index (χ0n) is 16.1. The summed E-state index contributed by atoms with van der Waals surface area (Å²) in [7, 11) is 0. The number of amides is 2. The Balaban J connectivity index is 0.00000261. The summed E-state index contributed by atoms with van der Waals surface area (Å²) in [5.74, 6) is 0.715. The van der Waals surface area contributed by atoms with Crippen LogP contribution in [0.1, 0.15) is 42.1 Å². The van der Waals surface area contributed by atoms with Crippen LogP contribution >= 0.6 is 12.4 Å². The number of carbonyl (C=O) groups is 2. The fourth-order valence-corrected chi connectivity index (χ4v) is 3.49. The van der Waals surface area contributed by atoms with Gasteiger partial charge in [-0.05, 0) is 49.4 Å². The van der Waals surface area contributed by atoms with Gasteiger partial charge in [-0.15, -0.1) is 12.4 Å². The van der Waals surface area contributed by atoms with E-state index in [1.165, 1.54) is 0 Å². The van der Waals surface area contributed by atoms with E-state index in [9.17, 15) is 9.59 Å². The van der Waals surface area contributed by atoms with Gasteiger partial charge in [0.05, 0.1) is 19.1 Å². The molecule has 1 aromatic carbocycles. The zero-order chi connectivity index (χ0) is 18.5. The number of carbonyl (C=O) groups excluding carboxylic acids is 2. The lowest BCUT2D eigenvalue weighted by Crippen LogP contribution is -2.40. The molecule has 7 heteroatoms. The Morgan fingerprint density at radius 1 is 1.30 bits per heavy atom. The number of hydrogen-bond donors (Lipinski definition) is 2. The average Bonchev–Trinajstić information content (AvgIpc) is 2.64. The van der Waals surface area contributed by atoms with E-state index in [1.807, 2.05) is 30.0 Å². The van der Waals surface area contributed by atoms with E-state index >= 15 is 0 Å².